The summed E-state index contributed by atoms with van der Waals surface area (Å²) in [4.78, 5) is 44.4. The third-order valence-corrected chi connectivity index (χ3v) is 5.20. The quantitative estimate of drug-likeness (QED) is 0.584. The molecule has 1 aromatic heterocycles. The number of aldehydes is 1. The van der Waals surface area contributed by atoms with E-state index in [-0.39, 0.29) is 17.1 Å². The summed E-state index contributed by atoms with van der Waals surface area (Å²) in [6, 6.07) is 7.49. The fourth-order valence-electron chi connectivity index (χ4n) is 3.53. The van der Waals surface area contributed by atoms with Gasteiger partial charge >= 0.3 is 5.97 Å². The molecule has 1 fully saturated rings. The summed E-state index contributed by atoms with van der Waals surface area (Å²) in [6.07, 6.45) is 3.22. The second-order valence-corrected chi connectivity index (χ2v) is 7.34. The second-order valence-electron chi connectivity index (χ2n) is 7.34. The van der Waals surface area contributed by atoms with Gasteiger partial charge in [-0.25, -0.2) is 9.97 Å². The van der Waals surface area contributed by atoms with Crippen LogP contribution in [0.5, 0.6) is 5.75 Å². The normalized spacial score (nSPS) is 14.4. The predicted molar refractivity (Wildman–Crippen MR) is 109 cm³/mol. The highest BCUT2D eigenvalue weighted by molar-refractivity contribution is 5.96. The monoisotopic (exact) mass is 412 g/mol. The van der Waals surface area contributed by atoms with Crippen LogP contribution in [0.3, 0.4) is 0 Å². The average Bonchev–Trinajstić information content (AvgIpc) is 2.75. The number of carboxylic acids is 1. The van der Waals surface area contributed by atoms with Crippen molar-refractivity contribution in [3.8, 4) is 5.75 Å². The molecule has 9 heteroatoms. The minimum Gasteiger partial charge on any atom is -0.504 e. The number of nitrogens with one attached hydrogen (secondary N) is 1. The number of aromatic hydroxyl groups is 1. The standard InChI is InChI=1S/C21H24N4O5/c1-13-20(29)19(21(30)22-11-18(27)28)24-17(23-13)10-14-6-8-25(9-7-14)16-4-2-15(12-26)3-5-16/h2-5,12,14,29H,6-11H2,1H3,(H,22,30)(H,27,28). The SMILES string of the molecule is Cc1nc(CC2CCN(c3ccc(C=O)cc3)CC2)nc(C(=O)NCC(=O)O)c1O. The maximum absolute atomic E-state index is 12.2. The van der Waals surface area contributed by atoms with Crippen molar-refractivity contribution in [2.24, 2.45) is 5.92 Å². The van der Waals surface area contributed by atoms with Crippen molar-refractivity contribution in [1.82, 2.24) is 15.3 Å². The molecule has 1 aliphatic heterocycles. The van der Waals surface area contributed by atoms with E-state index in [2.05, 4.69) is 20.2 Å². The number of rotatable bonds is 7. The lowest BCUT2D eigenvalue weighted by molar-refractivity contribution is -0.135. The molecule has 1 saturated heterocycles. The van der Waals surface area contributed by atoms with Gasteiger partial charge in [0.1, 0.15) is 18.7 Å². The first-order valence-electron chi connectivity index (χ1n) is 9.74. The van der Waals surface area contributed by atoms with E-state index in [0.717, 1.165) is 37.9 Å². The molecule has 30 heavy (non-hydrogen) atoms. The maximum Gasteiger partial charge on any atom is 0.322 e. The Hall–Kier alpha value is -3.49. The molecule has 9 nitrogen and oxygen atoms in total. The van der Waals surface area contributed by atoms with Crippen molar-refractivity contribution in [2.45, 2.75) is 26.2 Å². The molecule has 3 rings (SSSR count). The molecule has 3 N–H and O–H groups in total. The Morgan fingerprint density at radius 2 is 1.87 bits per heavy atom. The second kappa shape index (κ2) is 9.34. The van der Waals surface area contributed by atoms with Crippen LogP contribution in [0, 0.1) is 12.8 Å². The molecule has 1 aromatic carbocycles. The van der Waals surface area contributed by atoms with Crippen LogP contribution < -0.4 is 10.2 Å². The zero-order valence-electron chi connectivity index (χ0n) is 16.7. The average molecular weight is 412 g/mol. The van der Waals surface area contributed by atoms with Crippen molar-refractivity contribution < 1.29 is 24.6 Å². The summed E-state index contributed by atoms with van der Waals surface area (Å²) in [7, 11) is 0. The van der Waals surface area contributed by atoms with E-state index < -0.39 is 18.4 Å². The molecular weight excluding hydrogens is 388 g/mol. The van der Waals surface area contributed by atoms with Crippen LogP contribution >= 0.6 is 0 Å². The van der Waals surface area contributed by atoms with Crippen LogP contribution in [-0.2, 0) is 11.2 Å². The number of amides is 1. The van der Waals surface area contributed by atoms with E-state index in [9.17, 15) is 19.5 Å². The third kappa shape index (κ3) is 5.11. The first-order chi connectivity index (χ1) is 14.4. The van der Waals surface area contributed by atoms with Gasteiger partial charge in [0, 0.05) is 30.8 Å². The number of nitrogens with zero attached hydrogens (tertiary/aromatic N) is 3. The number of carbonyl (C=O) groups excluding carboxylic acids is 2. The van der Waals surface area contributed by atoms with Crippen LogP contribution in [0.1, 0.15) is 45.2 Å². The molecular formula is C21H24N4O5. The van der Waals surface area contributed by atoms with Crippen molar-refractivity contribution >= 4 is 23.9 Å². The number of benzene rings is 1. The van der Waals surface area contributed by atoms with Gasteiger partial charge in [0.15, 0.2) is 11.4 Å². The molecule has 0 bridgehead atoms. The van der Waals surface area contributed by atoms with Crippen molar-refractivity contribution in [2.75, 3.05) is 24.5 Å². The maximum atomic E-state index is 12.2. The molecule has 0 spiro atoms. The lowest BCUT2D eigenvalue weighted by Gasteiger charge is -2.33. The Kier molecular flexibility index (Phi) is 6.61. The number of hydrogen-bond donors (Lipinski definition) is 3. The summed E-state index contributed by atoms with van der Waals surface area (Å²) < 4.78 is 0. The van der Waals surface area contributed by atoms with Gasteiger partial charge in [-0.15, -0.1) is 0 Å². The Balaban J connectivity index is 1.63. The topological polar surface area (TPSA) is 133 Å². The Bertz CT molecular complexity index is 937. The highest BCUT2D eigenvalue weighted by atomic mass is 16.4. The minimum atomic E-state index is -1.18. The van der Waals surface area contributed by atoms with E-state index in [1.54, 1.807) is 19.1 Å². The number of anilines is 1. The number of carbonyl (C=O) groups is 3. The zero-order chi connectivity index (χ0) is 21.7. The molecule has 0 saturated carbocycles. The van der Waals surface area contributed by atoms with Crippen LogP contribution in [0.4, 0.5) is 5.69 Å². The van der Waals surface area contributed by atoms with E-state index in [1.807, 2.05) is 12.1 Å². The molecule has 1 aliphatic rings. The van der Waals surface area contributed by atoms with Gasteiger partial charge in [0.25, 0.3) is 5.91 Å². The molecule has 0 radical (unpaired) electrons. The van der Waals surface area contributed by atoms with Gasteiger partial charge in [0.2, 0.25) is 0 Å². The van der Waals surface area contributed by atoms with Crippen molar-refractivity contribution in [3.63, 3.8) is 0 Å². The van der Waals surface area contributed by atoms with Gasteiger partial charge < -0.3 is 20.4 Å². The lowest BCUT2D eigenvalue weighted by atomic mass is 9.92. The predicted octanol–water partition coefficient (Wildman–Crippen LogP) is 1.58. The van der Waals surface area contributed by atoms with Gasteiger partial charge in [-0.2, -0.15) is 0 Å². The van der Waals surface area contributed by atoms with E-state index in [4.69, 9.17) is 5.11 Å². The minimum absolute atomic E-state index is 0.202. The number of piperidine rings is 1. The van der Waals surface area contributed by atoms with Crippen LogP contribution in [0.25, 0.3) is 0 Å². The molecule has 2 heterocycles. The van der Waals surface area contributed by atoms with Gasteiger partial charge in [-0.1, -0.05) is 0 Å². The fraction of sp³-hybridized carbons (Fsp3) is 0.381. The van der Waals surface area contributed by atoms with Crippen molar-refractivity contribution in [3.05, 3.63) is 47.0 Å². The molecule has 1 amide bonds. The summed E-state index contributed by atoms with van der Waals surface area (Å²) in [5.74, 6) is -1.47. The third-order valence-electron chi connectivity index (χ3n) is 5.20. The van der Waals surface area contributed by atoms with Crippen LogP contribution in [0.15, 0.2) is 24.3 Å². The van der Waals surface area contributed by atoms with Crippen LogP contribution in [-0.4, -0.2) is 58.0 Å². The number of carboxylic acid groups (broad SMARTS) is 1. The highest BCUT2D eigenvalue weighted by Crippen LogP contribution is 2.26. The fourth-order valence-corrected chi connectivity index (χ4v) is 3.53. The Labute approximate surface area is 173 Å². The largest absolute Gasteiger partial charge is 0.504 e. The molecule has 158 valence electrons. The smallest absolute Gasteiger partial charge is 0.322 e. The van der Waals surface area contributed by atoms with E-state index in [0.29, 0.717) is 23.7 Å². The Morgan fingerprint density at radius 1 is 1.20 bits per heavy atom. The zero-order valence-corrected chi connectivity index (χ0v) is 16.7. The van der Waals surface area contributed by atoms with Gasteiger partial charge in [-0.3, -0.25) is 14.4 Å². The lowest BCUT2D eigenvalue weighted by Crippen LogP contribution is -2.34. The summed E-state index contributed by atoms with van der Waals surface area (Å²) in [5.41, 5.74) is 1.81. The highest BCUT2D eigenvalue weighted by Gasteiger charge is 2.23. The molecule has 0 unspecified atom stereocenters. The number of aryl methyl sites for hydroxylation is 1. The Morgan fingerprint density at radius 3 is 2.47 bits per heavy atom. The van der Waals surface area contributed by atoms with Gasteiger partial charge in [-0.05, 0) is 49.9 Å². The van der Waals surface area contributed by atoms with Gasteiger partial charge in [0.05, 0.1) is 5.69 Å². The summed E-state index contributed by atoms with van der Waals surface area (Å²) in [5, 5.41) is 21.0. The van der Waals surface area contributed by atoms with E-state index in [1.165, 1.54) is 0 Å². The molecule has 0 atom stereocenters. The first-order valence-corrected chi connectivity index (χ1v) is 9.74. The number of aliphatic carboxylic acids is 1. The van der Waals surface area contributed by atoms with Crippen molar-refractivity contribution in [1.29, 1.82) is 0 Å². The number of hydrogen-bond acceptors (Lipinski definition) is 7. The summed E-state index contributed by atoms with van der Waals surface area (Å²) >= 11 is 0. The van der Waals surface area contributed by atoms with E-state index >= 15 is 0 Å². The van der Waals surface area contributed by atoms with Crippen LogP contribution in [0.2, 0.25) is 0 Å². The first kappa shape index (κ1) is 21.2. The number of aromatic nitrogens is 2. The summed E-state index contributed by atoms with van der Waals surface area (Å²) in [6.45, 7) is 2.74. The molecule has 0 aliphatic carbocycles. The molecule has 2 aromatic rings.